The number of rotatable bonds is 7. The fourth-order valence-electron chi connectivity index (χ4n) is 3.59. The highest BCUT2D eigenvalue weighted by Gasteiger charge is 2.12. The van der Waals surface area contributed by atoms with Gasteiger partial charge in [0.25, 0.3) is 5.56 Å². The number of benzene rings is 2. The van der Waals surface area contributed by atoms with Crippen LogP contribution >= 0.6 is 0 Å². The highest BCUT2D eigenvalue weighted by molar-refractivity contribution is 5.83. The molecule has 2 aromatic carbocycles. The molecule has 0 spiro atoms. The molecule has 0 aliphatic carbocycles. The Hall–Kier alpha value is -3.48. The van der Waals surface area contributed by atoms with Crippen molar-refractivity contribution in [3.05, 3.63) is 70.6 Å². The molecular weight excluding hydrogens is 366 g/mol. The molecule has 0 unspecified atom stereocenters. The van der Waals surface area contributed by atoms with Gasteiger partial charge in [-0.3, -0.25) is 9.59 Å². The SMILES string of the molecule is C[C@@H](Cc1c[nH]c2ccccc12)NC(=O)CCCn1nnc2ccccc2c1=O. The quantitative estimate of drug-likeness (QED) is 0.508. The average molecular weight is 389 g/mol. The number of aryl methyl sites for hydroxylation is 1. The predicted octanol–water partition coefficient (Wildman–Crippen LogP) is 2.80. The van der Waals surface area contributed by atoms with Crippen molar-refractivity contribution in [2.24, 2.45) is 0 Å². The van der Waals surface area contributed by atoms with Gasteiger partial charge in [0, 0.05) is 36.1 Å². The van der Waals surface area contributed by atoms with Gasteiger partial charge in [0.15, 0.2) is 0 Å². The van der Waals surface area contributed by atoms with Gasteiger partial charge in [-0.05, 0) is 43.5 Å². The van der Waals surface area contributed by atoms with Crippen molar-refractivity contribution in [3.63, 3.8) is 0 Å². The van der Waals surface area contributed by atoms with Gasteiger partial charge in [-0.1, -0.05) is 35.5 Å². The number of nitrogens with zero attached hydrogens (tertiary/aromatic N) is 3. The summed E-state index contributed by atoms with van der Waals surface area (Å²) in [5.41, 5.74) is 2.69. The molecule has 2 N–H and O–H groups in total. The highest BCUT2D eigenvalue weighted by Crippen LogP contribution is 2.19. The van der Waals surface area contributed by atoms with Crippen molar-refractivity contribution in [1.29, 1.82) is 0 Å². The molecule has 1 amide bonds. The number of carbonyl (C=O) groups is 1. The summed E-state index contributed by atoms with van der Waals surface area (Å²) in [6, 6.07) is 15.3. The Balaban J connectivity index is 1.30. The van der Waals surface area contributed by atoms with Crippen LogP contribution in [0.15, 0.2) is 59.5 Å². The number of aromatic amines is 1. The Bertz CT molecular complexity index is 1210. The predicted molar refractivity (Wildman–Crippen MR) is 113 cm³/mol. The van der Waals surface area contributed by atoms with Crippen molar-refractivity contribution in [2.75, 3.05) is 0 Å². The second kappa shape index (κ2) is 8.26. The normalized spacial score (nSPS) is 12.3. The number of nitrogens with one attached hydrogen (secondary N) is 2. The molecule has 0 radical (unpaired) electrons. The average Bonchev–Trinajstić information content (AvgIpc) is 3.12. The molecule has 148 valence electrons. The van der Waals surface area contributed by atoms with Crippen molar-refractivity contribution < 1.29 is 4.79 Å². The monoisotopic (exact) mass is 389 g/mol. The first-order chi connectivity index (χ1) is 14.1. The molecule has 7 nitrogen and oxygen atoms in total. The summed E-state index contributed by atoms with van der Waals surface area (Å²) in [6.07, 6.45) is 3.61. The minimum atomic E-state index is -0.177. The number of fused-ring (bicyclic) bond motifs is 2. The Morgan fingerprint density at radius 2 is 1.90 bits per heavy atom. The molecule has 4 aromatic rings. The number of para-hydroxylation sites is 1. The third-order valence-corrected chi connectivity index (χ3v) is 5.01. The van der Waals surface area contributed by atoms with Crippen LogP contribution in [0.3, 0.4) is 0 Å². The zero-order valence-electron chi connectivity index (χ0n) is 16.3. The highest BCUT2D eigenvalue weighted by atomic mass is 16.1. The molecule has 2 aromatic heterocycles. The molecule has 1 atom stereocenters. The van der Waals surface area contributed by atoms with Crippen LogP contribution < -0.4 is 10.9 Å². The van der Waals surface area contributed by atoms with Gasteiger partial charge in [0.05, 0.1) is 5.39 Å². The fourth-order valence-corrected chi connectivity index (χ4v) is 3.59. The first-order valence-electron chi connectivity index (χ1n) is 9.79. The van der Waals surface area contributed by atoms with Gasteiger partial charge < -0.3 is 10.3 Å². The molecular formula is C22H23N5O2. The van der Waals surface area contributed by atoms with Crippen LogP contribution in [0.4, 0.5) is 0 Å². The largest absolute Gasteiger partial charge is 0.361 e. The van der Waals surface area contributed by atoms with Crippen molar-refractivity contribution >= 4 is 27.7 Å². The van der Waals surface area contributed by atoms with Crippen molar-refractivity contribution in [1.82, 2.24) is 25.3 Å². The smallest absolute Gasteiger partial charge is 0.277 e. The summed E-state index contributed by atoms with van der Waals surface area (Å²) in [5.74, 6) is -0.0286. The van der Waals surface area contributed by atoms with Gasteiger partial charge in [0.1, 0.15) is 5.52 Å². The third kappa shape index (κ3) is 4.18. The molecule has 0 saturated heterocycles. The van der Waals surface area contributed by atoms with Crippen LogP contribution in [0.25, 0.3) is 21.8 Å². The van der Waals surface area contributed by atoms with Crippen LogP contribution in [0.5, 0.6) is 0 Å². The zero-order valence-corrected chi connectivity index (χ0v) is 16.3. The maximum absolute atomic E-state index is 12.4. The van der Waals surface area contributed by atoms with E-state index in [1.807, 2.05) is 37.4 Å². The second-order valence-electron chi connectivity index (χ2n) is 7.27. The minimum absolute atomic E-state index is 0.0184. The Morgan fingerprint density at radius 3 is 2.76 bits per heavy atom. The third-order valence-electron chi connectivity index (χ3n) is 5.01. The van der Waals surface area contributed by atoms with Gasteiger partial charge in [0.2, 0.25) is 5.91 Å². The lowest BCUT2D eigenvalue weighted by atomic mass is 10.1. The van der Waals surface area contributed by atoms with Crippen molar-refractivity contribution in [3.8, 4) is 0 Å². The standard InChI is InChI=1S/C22H23N5O2/c1-15(13-16-14-23-19-9-4-2-7-17(16)19)24-21(28)11-6-12-27-22(29)18-8-3-5-10-20(18)25-26-27/h2-5,7-10,14-15,23H,6,11-13H2,1H3,(H,24,28)/t15-/m0/s1. The molecule has 7 heteroatoms. The molecule has 0 saturated carbocycles. The fraction of sp³-hybridized carbons (Fsp3) is 0.273. The molecule has 0 aliphatic rings. The summed E-state index contributed by atoms with van der Waals surface area (Å²) >= 11 is 0. The van der Waals surface area contributed by atoms with E-state index in [9.17, 15) is 9.59 Å². The Kier molecular flexibility index (Phi) is 5.37. The summed E-state index contributed by atoms with van der Waals surface area (Å²) in [4.78, 5) is 28.0. The molecule has 2 heterocycles. The van der Waals surface area contributed by atoms with Crippen LogP contribution in [-0.4, -0.2) is 31.9 Å². The van der Waals surface area contributed by atoms with Crippen LogP contribution in [0.2, 0.25) is 0 Å². The van der Waals surface area contributed by atoms with Crippen LogP contribution in [0, 0.1) is 0 Å². The number of carbonyl (C=O) groups excluding carboxylic acids is 1. The van der Waals surface area contributed by atoms with Crippen molar-refractivity contribution in [2.45, 2.75) is 38.8 Å². The minimum Gasteiger partial charge on any atom is -0.361 e. The lowest BCUT2D eigenvalue weighted by Crippen LogP contribution is -2.34. The Labute approximate surface area is 167 Å². The van der Waals surface area contributed by atoms with E-state index >= 15 is 0 Å². The lowest BCUT2D eigenvalue weighted by molar-refractivity contribution is -0.121. The zero-order chi connectivity index (χ0) is 20.2. The topological polar surface area (TPSA) is 92.7 Å². The van der Waals surface area contributed by atoms with Gasteiger partial charge in [-0.15, -0.1) is 5.10 Å². The van der Waals surface area contributed by atoms with Crippen LogP contribution in [0.1, 0.15) is 25.3 Å². The first-order valence-corrected chi connectivity index (χ1v) is 9.79. The summed E-state index contributed by atoms with van der Waals surface area (Å²) < 4.78 is 1.32. The molecule has 0 aliphatic heterocycles. The van der Waals surface area contributed by atoms with E-state index in [-0.39, 0.29) is 17.5 Å². The van der Waals surface area contributed by atoms with Gasteiger partial charge >= 0.3 is 0 Å². The van der Waals surface area contributed by atoms with E-state index in [0.717, 1.165) is 11.9 Å². The second-order valence-corrected chi connectivity index (χ2v) is 7.27. The van der Waals surface area contributed by atoms with Gasteiger partial charge in [-0.25, -0.2) is 4.68 Å². The maximum Gasteiger partial charge on any atom is 0.277 e. The summed E-state index contributed by atoms with van der Waals surface area (Å²) in [6.45, 7) is 2.36. The summed E-state index contributed by atoms with van der Waals surface area (Å²) in [5, 5.41) is 12.8. The number of aromatic nitrogens is 4. The summed E-state index contributed by atoms with van der Waals surface area (Å²) in [7, 11) is 0. The van der Waals surface area contributed by atoms with Gasteiger partial charge in [-0.2, -0.15) is 0 Å². The van der Waals surface area contributed by atoms with E-state index in [0.29, 0.717) is 30.3 Å². The Morgan fingerprint density at radius 1 is 1.14 bits per heavy atom. The number of H-pyrrole nitrogens is 1. The molecule has 0 fully saturated rings. The van der Waals surface area contributed by atoms with E-state index in [2.05, 4.69) is 26.7 Å². The number of hydrogen-bond donors (Lipinski definition) is 2. The number of hydrogen-bond acceptors (Lipinski definition) is 4. The molecule has 0 bridgehead atoms. The molecule has 29 heavy (non-hydrogen) atoms. The van der Waals surface area contributed by atoms with E-state index in [1.165, 1.54) is 15.6 Å². The first kappa shape index (κ1) is 18.9. The van der Waals surface area contributed by atoms with Crippen LogP contribution in [-0.2, 0) is 17.8 Å². The van der Waals surface area contributed by atoms with E-state index in [4.69, 9.17) is 0 Å². The lowest BCUT2D eigenvalue weighted by Gasteiger charge is -2.13. The molecule has 4 rings (SSSR count). The van der Waals surface area contributed by atoms with E-state index in [1.54, 1.807) is 18.2 Å². The maximum atomic E-state index is 12.4. The number of amides is 1. The van der Waals surface area contributed by atoms with E-state index < -0.39 is 0 Å².